The number of nitrogens with one attached hydrogen (secondary N) is 1. The fourth-order valence-electron chi connectivity index (χ4n) is 1.78. The number of hydrogen-bond donors (Lipinski definition) is 1. The number of non-ortho nitro benzene ring substituents is 1. The third kappa shape index (κ3) is 3.95. The summed E-state index contributed by atoms with van der Waals surface area (Å²) in [5.74, 6) is -0.842. The number of nitro groups is 1. The lowest BCUT2D eigenvalue weighted by molar-refractivity contribution is -0.384. The number of carbonyl (C=O) groups is 1. The molecule has 0 heterocycles. The molecule has 0 aromatic heterocycles. The van der Waals surface area contributed by atoms with Crippen molar-refractivity contribution in [3.63, 3.8) is 0 Å². The van der Waals surface area contributed by atoms with Crippen molar-refractivity contribution in [1.29, 1.82) is 0 Å². The standard InChI is InChI=1S/C14H7Cl2F3N2O3/c15-10-3-2-8(21(23)24)6-9(10)13(22)20-12-4-1-7(5-11(12)16)14(17,18)19/h1-6H,(H,20,22). The second-order valence-corrected chi connectivity index (χ2v) is 5.38. The predicted octanol–water partition coefficient (Wildman–Crippen LogP) is 5.17. The van der Waals surface area contributed by atoms with Crippen molar-refractivity contribution in [2.75, 3.05) is 5.32 Å². The largest absolute Gasteiger partial charge is 0.416 e. The van der Waals surface area contributed by atoms with Gasteiger partial charge >= 0.3 is 6.18 Å². The monoisotopic (exact) mass is 378 g/mol. The molecule has 24 heavy (non-hydrogen) atoms. The number of rotatable bonds is 3. The summed E-state index contributed by atoms with van der Waals surface area (Å²) in [5, 5.41) is 12.6. The second-order valence-electron chi connectivity index (χ2n) is 4.57. The van der Waals surface area contributed by atoms with E-state index in [1.165, 1.54) is 6.07 Å². The van der Waals surface area contributed by atoms with Crippen LogP contribution in [-0.2, 0) is 6.18 Å². The minimum absolute atomic E-state index is 0.0545. The Morgan fingerprint density at radius 3 is 2.29 bits per heavy atom. The van der Waals surface area contributed by atoms with Crippen molar-refractivity contribution in [2.45, 2.75) is 6.18 Å². The van der Waals surface area contributed by atoms with E-state index in [4.69, 9.17) is 23.2 Å². The molecule has 0 aliphatic carbocycles. The molecular formula is C14H7Cl2F3N2O3. The van der Waals surface area contributed by atoms with Crippen LogP contribution in [0.15, 0.2) is 36.4 Å². The molecule has 0 spiro atoms. The van der Waals surface area contributed by atoms with Crippen LogP contribution in [0, 0.1) is 10.1 Å². The van der Waals surface area contributed by atoms with Crippen LogP contribution in [-0.4, -0.2) is 10.8 Å². The molecule has 0 saturated carbocycles. The first-order chi connectivity index (χ1) is 11.1. The first kappa shape index (κ1) is 18.0. The Balaban J connectivity index is 2.30. The van der Waals surface area contributed by atoms with Crippen LogP contribution in [0.5, 0.6) is 0 Å². The summed E-state index contributed by atoms with van der Waals surface area (Å²) in [6.45, 7) is 0. The van der Waals surface area contributed by atoms with Gasteiger partial charge in [0, 0.05) is 12.1 Å². The van der Waals surface area contributed by atoms with E-state index in [2.05, 4.69) is 5.32 Å². The number of nitrogens with zero attached hydrogens (tertiary/aromatic N) is 1. The quantitative estimate of drug-likeness (QED) is 0.591. The molecule has 1 amide bonds. The first-order valence-electron chi connectivity index (χ1n) is 6.21. The molecular weight excluding hydrogens is 372 g/mol. The predicted molar refractivity (Wildman–Crippen MR) is 82.5 cm³/mol. The van der Waals surface area contributed by atoms with Crippen LogP contribution >= 0.6 is 23.2 Å². The Bertz CT molecular complexity index is 825. The zero-order chi connectivity index (χ0) is 18.1. The average molecular weight is 379 g/mol. The van der Waals surface area contributed by atoms with Gasteiger partial charge in [-0.2, -0.15) is 13.2 Å². The molecule has 0 aliphatic heterocycles. The summed E-state index contributed by atoms with van der Waals surface area (Å²) >= 11 is 11.6. The van der Waals surface area contributed by atoms with Gasteiger partial charge in [-0.3, -0.25) is 14.9 Å². The van der Waals surface area contributed by atoms with Crippen molar-refractivity contribution in [3.8, 4) is 0 Å². The van der Waals surface area contributed by atoms with E-state index < -0.39 is 22.6 Å². The van der Waals surface area contributed by atoms with Gasteiger partial charge < -0.3 is 5.32 Å². The number of hydrogen-bond acceptors (Lipinski definition) is 3. The smallest absolute Gasteiger partial charge is 0.321 e. The highest BCUT2D eigenvalue weighted by atomic mass is 35.5. The Labute approximate surface area is 143 Å². The molecule has 2 aromatic carbocycles. The lowest BCUT2D eigenvalue weighted by atomic mass is 10.1. The van der Waals surface area contributed by atoms with E-state index >= 15 is 0 Å². The summed E-state index contributed by atoms with van der Waals surface area (Å²) in [7, 11) is 0. The van der Waals surface area contributed by atoms with Crippen molar-refractivity contribution in [1.82, 2.24) is 0 Å². The van der Waals surface area contributed by atoms with E-state index in [9.17, 15) is 28.1 Å². The van der Waals surface area contributed by atoms with E-state index in [0.29, 0.717) is 6.07 Å². The highest BCUT2D eigenvalue weighted by Gasteiger charge is 2.31. The van der Waals surface area contributed by atoms with Gasteiger partial charge in [0.05, 0.1) is 31.8 Å². The van der Waals surface area contributed by atoms with Crippen LogP contribution in [0.1, 0.15) is 15.9 Å². The van der Waals surface area contributed by atoms with Crippen LogP contribution in [0.3, 0.4) is 0 Å². The van der Waals surface area contributed by atoms with E-state index in [0.717, 1.165) is 24.3 Å². The number of amides is 1. The Kier molecular flexibility index (Phi) is 5.00. The molecule has 0 aliphatic rings. The zero-order valence-electron chi connectivity index (χ0n) is 11.5. The first-order valence-corrected chi connectivity index (χ1v) is 6.97. The SMILES string of the molecule is O=C(Nc1ccc(C(F)(F)F)cc1Cl)c1cc([N+](=O)[O-])ccc1Cl. The number of alkyl halides is 3. The lowest BCUT2D eigenvalue weighted by Gasteiger charge is -2.11. The van der Waals surface area contributed by atoms with Gasteiger partial charge in [0.2, 0.25) is 0 Å². The van der Waals surface area contributed by atoms with Crippen molar-refractivity contribution < 1.29 is 22.9 Å². The van der Waals surface area contributed by atoms with E-state index in [1.54, 1.807) is 0 Å². The lowest BCUT2D eigenvalue weighted by Crippen LogP contribution is -2.14. The second kappa shape index (κ2) is 6.66. The Hall–Kier alpha value is -2.32. The molecule has 2 rings (SSSR count). The molecule has 0 atom stereocenters. The van der Waals surface area contributed by atoms with Gasteiger partial charge in [-0.1, -0.05) is 23.2 Å². The Morgan fingerprint density at radius 1 is 1.08 bits per heavy atom. The number of carbonyl (C=O) groups excluding carboxylic acids is 1. The van der Waals surface area contributed by atoms with Crippen LogP contribution in [0.4, 0.5) is 24.5 Å². The number of anilines is 1. The topological polar surface area (TPSA) is 72.2 Å². The number of benzene rings is 2. The molecule has 0 fully saturated rings. The zero-order valence-corrected chi connectivity index (χ0v) is 13.0. The molecule has 0 saturated heterocycles. The van der Waals surface area contributed by atoms with Crippen molar-refractivity contribution in [2.24, 2.45) is 0 Å². The van der Waals surface area contributed by atoms with Gasteiger partial charge in [0.25, 0.3) is 11.6 Å². The summed E-state index contributed by atoms with van der Waals surface area (Å²) in [6.07, 6.45) is -4.57. The Morgan fingerprint density at radius 2 is 1.75 bits per heavy atom. The molecule has 2 aromatic rings. The molecule has 5 nitrogen and oxygen atoms in total. The molecule has 0 unspecified atom stereocenters. The minimum atomic E-state index is -4.57. The summed E-state index contributed by atoms with van der Waals surface area (Å²) in [6, 6.07) is 5.62. The molecule has 1 N–H and O–H groups in total. The van der Waals surface area contributed by atoms with Crippen molar-refractivity contribution >= 4 is 40.5 Å². The fourth-order valence-corrected chi connectivity index (χ4v) is 2.21. The minimum Gasteiger partial charge on any atom is -0.321 e. The van der Waals surface area contributed by atoms with Gasteiger partial charge in [-0.05, 0) is 24.3 Å². The van der Waals surface area contributed by atoms with Gasteiger partial charge in [-0.15, -0.1) is 0 Å². The van der Waals surface area contributed by atoms with Crippen LogP contribution < -0.4 is 5.32 Å². The molecule has 126 valence electrons. The molecule has 0 radical (unpaired) electrons. The highest BCUT2D eigenvalue weighted by molar-refractivity contribution is 6.36. The number of nitro benzene ring substituents is 1. The van der Waals surface area contributed by atoms with E-state index in [1.807, 2.05) is 0 Å². The summed E-state index contributed by atoms with van der Waals surface area (Å²) < 4.78 is 37.7. The molecule has 0 bridgehead atoms. The van der Waals surface area contributed by atoms with Crippen LogP contribution in [0.2, 0.25) is 10.0 Å². The normalized spacial score (nSPS) is 11.2. The summed E-state index contributed by atoms with van der Waals surface area (Å²) in [5.41, 5.74) is -1.62. The third-order valence-electron chi connectivity index (χ3n) is 2.95. The maximum Gasteiger partial charge on any atom is 0.416 e. The van der Waals surface area contributed by atoms with E-state index in [-0.39, 0.29) is 27.0 Å². The number of halogens is 5. The maximum atomic E-state index is 12.6. The summed E-state index contributed by atoms with van der Waals surface area (Å²) in [4.78, 5) is 22.2. The molecule has 10 heteroatoms. The van der Waals surface area contributed by atoms with Gasteiger partial charge in [0.15, 0.2) is 0 Å². The van der Waals surface area contributed by atoms with Gasteiger partial charge in [-0.25, -0.2) is 0 Å². The highest BCUT2D eigenvalue weighted by Crippen LogP contribution is 2.34. The fraction of sp³-hybridized carbons (Fsp3) is 0.0714. The van der Waals surface area contributed by atoms with Crippen LogP contribution in [0.25, 0.3) is 0 Å². The third-order valence-corrected chi connectivity index (χ3v) is 3.59. The van der Waals surface area contributed by atoms with Gasteiger partial charge in [0.1, 0.15) is 0 Å². The average Bonchev–Trinajstić information content (AvgIpc) is 2.48. The maximum absolute atomic E-state index is 12.6. The van der Waals surface area contributed by atoms with Crippen molar-refractivity contribution in [3.05, 3.63) is 67.7 Å².